The van der Waals surface area contributed by atoms with Gasteiger partial charge in [-0.1, -0.05) is 97.1 Å². The standard InChI is InChI=1S/C24H20B2P2/c25-28(23-17-9-3-10-18-23,24-19-11-4-12-20-24)26-27(21-13-5-1-6-14-21)22-15-7-2-8-16-22/h1-20H/q+1. The minimum atomic E-state index is -2.16. The molecule has 0 aliphatic rings. The molecule has 0 heterocycles. The van der Waals surface area contributed by atoms with Crippen molar-refractivity contribution in [1.29, 1.82) is 0 Å². The Labute approximate surface area is 171 Å². The van der Waals surface area contributed by atoms with Crippen LogP contribution in [-0.4, -0.2) is 14.3 Å². The Balaban J connectivity index is 1.84. The summed E-state index contributed by atoms with van der Waals surface area (Å²) in [6.45, 7) is 2.46. The van der Waals surface area contributed by atoms with Crippen molar-refractivity contribution in [2.24, 2.45) is 0 Å². The molecule has 0 amide bonds. The van der Waals surface area contributed by atoms with Crippen LogP contribution in [0.15, 0.2) is 121 Å². The fourth-order valence-corrected chi connectivity index (χ4v) is 9.78. The van der Waals surface area contributed by atoms with Crippen molar-refractivity contribution in [2.45, 2.75) is 0 Å². The van der Waals surface area contributed by atoms with Crippen molar-refractivity contribution in [3.63, 3.8) is 0 Å². The maximum Gasteiger partial charge on any atom is 0.390 e. The van der Waals surface area contributed by atoms with Crippen LogP contribution in [0.2, 0.25) is 0 Å². The first kappa shape index (κ1) is 19.2. The van der Waals surface area contributed by atoms with Gasteiger partial charge in [0.25, 0.3) is 0 Å². The van der Waals surface area contributed by atoms with Crippen molar-refractivity contribution in [1.82, 2.24) is 0 Å². The Morgan fingerprint density at radius 1 is 0.500 bits per heavy atom. The molecule has 0 nitrogen and oxygen atoms in total. The van der Waals surface area contributed by atoms with Crippen LogP contribution in [-0.2, 0) is 0 Å². The molecule has 0 aliphatic heterocycles. The molecule has 0 aromatic heterocycles. The minimum Gasteiger partial charge on any atom is -0.0622 e. The van der Waals surface area contributed by atoms with Gasteiger partial charge in [-0.25, -0.2) is 0 Å². The Morgan fingerprint density at radius 2 is 0.821 bits per heavy atom. The molecule has 0 N–H and O–H groups in total. The van der Waals surface area contributed by atoms with Gasteiger partial charge in [0.15, 0.2) is 0 Å². The number of hydrogen-bond acceptors (Lipinski definition) is 0. The van der Waals surface area contributed by atoms with Crippen LogP contribution in [0.25, 0.3) is 0 Å². The quantitative estimate of drug-likeness (QED) is 0.337. The monoisotopic (exact) mass is 392 g/mol. The van der Waals surface area contributed by atoms with Crippen LogP contribution in [0, 0.1) is 0 Å². The summed E-state index contributed by atoms with van der Waals surface area (Å²) in [6.07, 6.45) is 0. The summed E-state index contributed by atoms with van der Waals surface area (Å²) < 4.78 is 0. The molecule has 3 radical (unpaired) electrons. The van der Waals surface area contributed by atoms with E-state index in [1.807, 2.05) is 0 Å². The Kier molecular flexibility index (Phi) is 6.11. The molecule has 28 heavy (non-hydrogen) atoms. The largest absolute Gasteiger partial charge is 0.390 e. The second kappa shape index (κ2) is 8.91. The molecule has 0 fully saturated rings. The second-order valence-electron chi connectivity index (χ2n) is 6.60. The molecule has 0 atom stereocenters. The van der Waals surface area contributed by atoms with Gasteiger partial charge >= 0.3 is 14.3 Å². The lowest BCUT2D eigenvalue weighted by Crippen LogP contribution is -2.29. The lowest BCUT2D eigenvalue weighted by atomic mass is 10.4. The highest BCUT2D eigenvalue weighted by Gasteiger charge is 2.43. The molecule has 0 spiro atoms. The van der Waals surface area contributed by atoms with Crippen molar-refractivity contribution in [2.75, 3.05) is 0 Å². The van der Waals surface area contributed by atoms with Gasteiger partial charge in [0.2, 0.25) is 0 Å². The highest BCUT2D eigenvalue weighted by molar-refractivity contribution is 8.40. The van der Waals surface area contributed by atoms with E-state index >= 15 is 0 Å². The third kappa shape index (κ3) is 4.15. The van der Waals surface area contributed by atoms with Crippen LogP contribution in [0.4, 0.5) is 0 Å². The first-order chi connectivity index (χ1) is 13.8. The molecule has 0 bridgehead atoms. The first-order valence-corrected chi connectivity index (χ1v) is 12.6. The van der Waals surface area contributed by atoms with E-state index in [1.165, 1.54) is 21.2 Å². The van der Waals surface area contributed by atoms with Gasteiger partial charge in [-0.05, 0) is 49.7 Å². The molecule has 0 saturated heterocycles. The predicted molar refractivity (Wildman–Crippen MR) is 130 cm³/mol. The van der Waals surface area contributed by atoms with Gasteiger partial charge in [-0.3, -0.25) is 0 Å². The number of benzene rings is 4. The molecule has 0 aliphatic carbocycles. The lowest BCUT2D eigenvalue weighted by molar-refractivity contribution is 1.75. The predicted octanol–water partition coefficient (Wildman–Crippen LogP) is 4.41. The lowest BCUT2D eigenvalue weighted by Gasteiger charge is -2.27. The fraction of sp³-hybridized carbons (Fsp3) is 0. The summed E-state index contributed by atoms with van der Waals surface area (Å²) in [5.41, 5.74) is 0. The maximum atomic E-state index is 7.29. The third-order valence-corrected chi connectivity index (χ3v) is 11.1. The van der Waals surface area contributed by atoms with E-state index in [1.54, 1.807) is 0 Å². The maximum absolute atomic E-state index is 7.29. The SMILES string of the molecule is [B][P+]([B]P(c1ccccc1)c1ccccc1)(c1ccccc1)c1ccccc1. The highest BCUT2D eigenvalue weighted by atomic mass is 31.2. The molecule has 4 aromatic rings. The van der Waals surface area contributed by atoms with Gasteiger partial charge in [0.1, 0.15) is 0 Å². The van der Waals surface area contributed by atoms with Crippen LogP contribution in [0.3, 0.4) is 0 Å². The van der Waals surface area contributed by atoms with E-state index in [2.05, 4.69) is 128 Å². The third-order valence-electron chi connectivity index (χ3n) is 4.73. The van der Waals surface area contributed by atoms with Crippen LogP contribution < -0.4 is 21.2 Å². The number of rotatable bonds is 6. The average Bonchev–Trinajstić information content (AvgIpc) is 2.80. The van der Waals surface area contributed by atoms with E-state index in [4.69, 9.17) is 7.57 Å². The summed E-state index contributed by atoms with van der Waals surface area (Å²) in [5.74, 6) is 0. The van der Waals surface area contributed by atoms with E-state index in [0.29, 0.717) is 0 Å². The average molecular weight is 392 g/mol. The summed E-state index contributed by atoms with van der Waals surface area (Å²) in [4.78, 5) is 0. The second-order valence-corrected chi connectivity index (χ2v) is 11.9. The van der Waals surface area contributed by atoms with Crippen molar-refractivity contribution >= 4 is 50.3 Å². The summed E-state index contributed by atoms with van der Waals surface area (Å²) in [6, 6.07) is 42.6. The van der Waals surface area contributed by atoms with Gasteiger partial charge in [-0.2, -0.15) is 0 Å². The molecular weight excluding hydrogens is 372 g/mol. The fourth-order valence-electron chi connectivity index (χ4n) is 3.27. The smallest absolute Gasteiger partial charge is 0.0622 e. The van der Waals surface area contributed by atoms with Gasteiger partial charge < -0.3 is 0 Å². The molecular formula is C24H20B2P2+. The first-order valence-electron chi connectivity index (χ1n) is 9.31. The van der Waals surface area contributed by atoms with E-state index in [9.17, 15) is 0 Å². The Bertz CT molecular complexity index is 915. The zero-order chi connectivity index (χ0) is 19.2. The Hall–Kier alpha value is -2.13. The van der Waals surface area contributed by atoms with Crippen molar-refractivity contribution < 1.29 is 0 Å². The van der Waals surface area contributed by atoms with Crippen molar-refractivity contribution in [3.8, 4) is 0 Å². The van der Waals surface area contributed by atoms with Crippen LogP contribution >= 0.6 is 14.8 Å². The Morgan fingerprint density at radius 3 is 1.18 bits per heavy atom. The summed E-state index contributed by atoms with van der Waals surface area (Å²) >= 11 is 0. The summed E-state index contributed by atoms with van der Waals surface area (Å²) in [7, 11) is 4.44. The van der Waals surface area contributed by atoms with E-state index < -0.39 is 14.8 Å². The van der Waals surface area contributed by atoms with Crippen molar-refractivity contribution in [3.05, 3.63) is 121 Å². The van der Waals surface area contributed by atoms with Crippen LogP contribution in [0.1, 0.15) is 0 Å². The zero-order valence-electron chi connectivity index (χ0n) is 15.6. The minimum absolute atomic E-state index is 0.687. The molecule has 0 saturated carbocycles. The van der Waals surface area contributed by atoms with Gasteiger partial charge in [0.05, 0.1) is 10.6 Å². The van der Waals surface area contributed by atoms with E-state index in [0.717, 1.165) is 0 Å². The van der Waals surface area contributed by atoms with Gasteiger partial charge in [0, 0.05) is 0 Å². The molecule has 4 heteroatoms. The van der Waals surface area contributed by atoms with Gasteiger partial charge in [-0.15, -0.1) is 0 Å². The van der Waals surface area contributed by atoms with Crippen LogP contribution in [0.5, 0.6) is 0 Å². The number of hydrogen-bond donors (Lipinski definition) is 0. The molecule has 131 valence electrons. The summed E-state index contributed by atoms with van der Waals surface area (Å²) in [5, 5.41) is 5.07. The topological polar surface area (TPSA) is 0 Å². The zero-order valence-corrected chi connectivity index (χ0v) is 17.4. The normalized spacial score (nSPS) is 11.3. The van der Waals surface area contributed by atoms with E-state index in [-0.39, 0.29) is 0 Å². The molecule has 4 aromatic carbocycles. The molecule has 4 rings (SSSR count). The highest BCUT2D eigenvalue weighted by Crippen LogP contribution is 2.57. The molecule has 0 unspecified atom stereocenters.